The van der Waals surface area contributed by atoms with Crippen LogP contribution < -0.4 is 5.73 Å². The second-order valence-electron chi connectivity index (χ2n) is 9.04. The van der Waals surface area contributed by atoms with E-state index >= 15 is 0 Å². The molecule has 142 valence electrons. The summed E-state index contributed by atoms with van der Waals surface area (Å²) in [5, 5.41) is 0. The summed E-state index contributed by atoms with van der Waals surface area (Å²) in [6.07, 6.45) is 5.90. The highest BCUT2D eigenvalue weighted by Gasteiger charge is 2.44. The van der Waals surface area contributed by atoms with Crippen LogP contribution in [0, 0.1) is 0 Å². The molecule has 1 aliphatic heterocycles. The number of hydrogen-bond acceptors (Lipinski definition) is 4. The van der Waals surface area contributed by atoms with Gasteiger partial charge in [-0.05, 0) is 54.4 Å². The van der Waals surface area contributed by atoms with Crippen molar-refractivity contribution in [2.75, 3.05) is 18.8 Å². The van der Waals surface area contributed by atoms with E-state index < -0.39 is 0 Å². The van der Waals surface area contributed by atoms with Gasteiger partial charge in [-0.2, -0.15) is 0 Å². The minimum atomic E-state index is -0.0638. The van der Waals surface area contributed by atoms with Crippen molar-refractivity contribution in [2.45, 2.75) is 57.3 Å². The number of nitrogens with two attached hydrogens (primary N) is 1. The number of aromatic nitrogens is 2. The molecule has 1 aliphatic carbocycles. The van der Waals surface area contributed by atoms with Crippen molar-refractivity contribution in [3.05, 3.63) is 52.8 Å². The Balaban J connectivity index is 1.58. The van der Waals surface area contributed by atoms with Crippen molar-refractivity contribution < 1.29 is 4.79 Å². The van der Waals surface area contributed by atoms with E-state index in [0.29, 0.717) is 5.95 Å². The molecule has 0 bridgehead atoms. The molecule has 0 saturated carbocycles. The van der Waals surface area contributed by atoms with Gasteiger partial charge in [0.15, 0.2) is 0 Å². The molecule has 1 saturated heterocycles. The summed E-state index contributed by atoms with van der Waals surface area (Å²) < 4.78 is 0. The summed E-state index contributed by atoms with van der Waals surface area (Å²) >= 11 is 0. The maximum atomic E-state index is 13.1. The van der Waals surface area contributed by atoms with Crippen LogP contribution in [-0.4, -0.2) is 33.9 Å². The van der Waals surface area contributed by atoms with E-state index in [2.05, 4.69) is 42.9 Å². The Morgan fingerprint density at radius 3 is 2.63 bits per heavy atom. The maximum absolute atomic E-state index is 13.1. The minimum Gasteiger partial charge on any atom is -0.368 e. The van der Waals surface area contributed by atoms with Gasteiger partial charge in [0.25, 0.3) is 5.91 Å². The quantitative estimate of drug-likeness (QED) is 0.841. The highest BCUT2D eigenvalue weighted by Crippen LogP contribution is 2.44. The number of aryl methyl sites for hydroxylation is 1. The SMILES string of the molecule is CC(C)(C)c1ccc(C(=O)N2CCCC3(CCc4cnc(N)nc43)C2)cc1. The van der Waals surface area contributed by atoms with Crippen molar-refractivity contribution in [3.8, 4) is 0 Å². The summed E-state index contributed by atoms with van der Waals surface area (Å²) in [5.74, 6) is 0.446. The number of nitrogen functional groups attached to an aromatic ring is 1. The number of fused-ring (bicyclic) bond motifs is 2. The van der Waals surface area contributed by atoms with E-state index in [9.17, 15) is 4.79 Å². The molecule has 2 N–H and O–H groups in total. The summed E-state index contributed by atoms with van der Waals surface area (Å²) in [6.45, 7) is 8.07. The van der Waals surface area contributed by atoms with Crippen molar-refractivity contribution in [3.63, 3.8) is 0 Å². The first-order valence-electron chi connectivity index (χ1n) is 9.80. The fraction of sp³-hybridized carbons (Fsp3) is 0.500. The summed E-state index contributed by atoms with van der Waals surface area (Å²) in [6, 6.07) is 8.08. The largest absolute Gasteiger partial charge is 0.368 e. The van der Waals surface area contributed by atoms with Gasteiger partial charge in [0, 0.05) is 30.3 Å². The predicted octanol–water partition coefficient (Wildman–Crippen LogP) is 3.48. The third-order valence-electron chi connectivity index (χ3n) is 6.12. The Bertz CT molecular complexity index is 865. The molecule has 2 heterocycles. The topological polar surface area (TPSA) is 72.1 Å². The first-order valence-corrected chi connectivity index (χ1v) is 9.80. The molecule has 1 aromatic carbocycles. The van der Waals surface area contributed by atoms with E-state index in [1.165, 1.54) is 11.1 Å². The van der Waals surface area contributed by atoms with Gasteiger partial charge in [-0.3, -0.25) is 4.79 Å². The van der Waals surface area contributed by atoms with Crippen LogP contribution >= 0.6 is 0 Å². The van der Waals surface area contributed by atoms with E-state index in [1.54, 1.807) is 0 Å². The molecule has 1 spiro atoms. The number of nitrogens with zero attached hydrogens (tertiary/aromatic N) is 3. The molecule has 5 nitrogen and oxygen atoms in total. The smallest absolute Gasteiger partial charge is 0.253 e. The zero-order valence-electron chi connectivity index (χ0n) is 16.5. The third-order valence-corrected chi connectivity index (χ3v) is 6.12. The number of piperidine rings is 1. The van der Waals surface area contributed by atoms with Gasteiger partial charge >= 0.3 is 0 Å². The maximum Gasteiger partial charge on any atom is 0.253 e. The number of anilines is 1. The summed E-state index contributed by atoms with van der Waals surface area (Å²) in [7, 11) is 0. The highest BCUT2D eigenvalue weighted by atomic mass is 16.2. The van der Waals surface area contributed by atoms with Crippen LogP contribution in [0.5, 0.6) is 0 Å². The molecular weight excluding hydrogens is 336 g/mol. The van der Waals surface area contributed by atoms with Crippen molar-refractivity contribution in [2.24, 2.45) is 0 Å². The van der Waals surface area contributed by atoms with Gasteiger partial charge in [0.05, 0.1) is 5.69 Å². The average Bonchev–Trinajstić information content (AvgIpc) is 2.98. The number of amides is 1. The monoisotopic (exact) mass is 364 g/mol. The Kier molecular flexibility index (Phi) is 4.21. The van der Waals surface area contributed by atoms with E-state index in [4.69, 9.17) is 5.73 Å². The Morgan fingerprint density at radius 2 is 1.93 bits per heavy atom. The standard InChI is InChI=1S/C22H28N4O/c1-21(2,3)17-7-5-15(6-8-17)19(27)26-12-4-10-22(14-26)11-9-16-13-24-20(23)25-18(16)22/h5-8,13H,4,9-12,14H2,1-3H3,(H2,23,24,25). The van der Waals surface area contributed by atoms with Crippen molar-refractivity contribution in [1.82, 2.24) is 14.9 Å². The molecule has 1 atom stereocenters. The zero-order chi connectivity index (χ0) is 19.2. The molecule has 5 heteroatoms. The number of carbonyl (C=O) groups is 1. The predicted molar refractivity (Wildman–Crippen MR) is 107 cm³/mol. The first-order chi connectivity index (χ1) is 12.8. The summed E-state index contributed by atoms with van der Waals surface area (Å²) in [4.78, 5) is 23.9. The lowest BCUT2D eigenvalue weighted by molar-refractivity contribution is 0.0633. The molecule has 1 amide bonds. The molecule has 4 rings (SSSR count). The summed E-state index contributed by atoms with van der Waals surface area (Å²) in [5.41, 5.74) is 10.1. The number of likely N-dealkylation sites (tertiary alicyclic amines) is 1. The second kappa shape index (κ2) is 6.32. The molecule has 1 fully saturated rings. The number of rotatable bonds is 1. The van der Waals surface area contributed by atoms with Gasteiger partial charge in [-0.1, -0.05) is 32.9 Å². The molecule has 2 aromatic rings. The fourth-order valence-corrected chi connectivity index (χ4v) is 4.55. The van der Waals surface area contributed by atoms with Crippen LogP contribution in [-0.2, 0) is 17.3 Å². The van der Waals surface area contributed by atoms with Crippen LogP contribution in [0.4, 0.5) is 5.95 Å². The van der Waals surface area contributed by atoms with Crippen LogP contribution in [0.2, 0.25) is 0 Å². The van der Waals surface area contributed by atoms with Crippen LogP contribution in [0.1, 0.15) is 67.2 Å². The lowest BCUT2D eigenvalue weighted by atomic mass is 9.77. The lowest BCUT2D eigenvalue weighted by Gasteiger charge is -2.40. The van der Waals surface area contributed by atoms with Crippen LogP contribution in [0.3, 0.4) is 0 Å². The Labute approximate surface area is 161 Å². The van der Waals surface area contributed by atoms with Crippen molar-refractivity contribution >= 4 is 11.9 Å². The number of hydrogen-bond donors (Lipinski definition) is 1. The molecule has 0 radical (unpaired) electrons. The average molecular weight is 364 g/mol. The van der Waals surface area contributed by atoms with Gasteiger partial charge < -0.3 is 10.6 Å². The van der Waals surface area contributed by atoms with E-state index in [1.807, 2.05) is 23.2 Å². The zero-order valence-corrected chi connectivity index (χ0v) is 16.5. The van der Waals surface area contributed by atoms with E-state index in [0.717, 1.165) is 50.0 Å². The van der Waals surface area contributed by atoms with Crippen LogP contribution in [0.15, 0.2) is 30.5 Å². The van der Waals surface area contributed by atoms with Gasteiger partial charge in [-0.25, -0.2) is 9.97 Å². The number of carbonyl (C=O) groups excluding carboxylic acids is 1. The van der Waals surface area contributed by atoms with Gasteiger partial charge in [0.1, 0.15) is 0 Å². The van der Waals surface area contributed by atoms with Crippen molar-refractivity contribution in [1.29, 1.82) is 0 Å². The van der Waals surface area contributed by atoms with E-state index in [-0.39, 0.29) is 16.7 Å². The second-order valence-corrected chi connectivity index (χ2v) is 9.04. The Morgan fingerprint density at radius 1 is 1.19 bits per heavy atom. The molecule has 27 heavy (non-hydrogen) atoms. The van der Waals surface area contributed by atoms with Gasteiger partial charge in [0.2, 0.25) is 5.95 Å². The molecule has 1 unspecified atom stereocenters. The fourth-order valence-electron chi connectivity index (χ4n) is 4.55. The minimum absolute atomic E-state index is 0.0638. The lowest BCUT2D eigenvalue weighted by Crippen LogP contribution is -2.48. The molecule has 1 aromatic heterocycles. The third kappa shape index (κ3) is 3.20. The highest BCUT2D eigenvalue weighted by molar-refractivity contribution is 5.94. The molecular formula is C22H28N4O. The molecule has 2 aliphatic rings. The normalized spacial score (nSPS) is 22.1. The van der Waals surface area contributed by atoms with Crippen LogP contribution in [0.25, 0.3) is 0 Å². The number of benzene rings is 1. The van der Waals surface area contributed by atoms with Gasteiger partial charge in [-0.15, -0.1) is 0 Å². The Hall–Kier alpha value is -2.43. The first kappa shape index (κ1) is 18.0.